The summed E-state index contributed by atoms with van der Waals surface area (Å²) < 4.78 is 5.31. The summed E-state index contributed by atoms with van der Waals surface area (Å²) in [4.78, 5) is 19.4. The minimum atomic E-state index is -0.135. The number of nitrogens with zero attached hydrogens (tertiary/aromatic N) is 3. The van der Waals surface area contributed by atoms with Gasteiger partial charge < -0.3 is 9.84 Å². The Balaban J connectivity index is 1.25. The smallest absolute Gasteiger partial charge is 0.273 e. The summed E-state index contributed by atoms with van der Waals surface area (Å²) in [7, 11) is 0. The fraction of sp³-hybridized carbons (Fsp3) is 0.409. The van der Waals surface area contributed by atoms with Crippen molar-refractivity contribution in [3.63, 3.8) is 0 Å². The molecule has 2 aromatic heterocycles. The minimum absolute atomic E-state index is 0.113. The lowest BCUT2D eigenvalue weighted by atomic mass is 10.1. The van der Waals surface area contributed by atoms with Crippen molar-refractivity contribution in [1.82, 2.24) is 20.4 Å². The van der Waals surface area contributed by atoms with Crippen LogP contribution >= 0.6 is 0 Å². The second-order valence-electron chi connectivity index (χ2n) is 8.13. The Bertz CT molecular complexity index is 1010. The lowest BCUT2D eigenvalue weighted by Crippen LogP contribution is -2.40. The third kappa shape index (κ3) is 3.40. The molecule has 2 fully saturated rings. The molecule has 144 valence electrons. The van der Waals surface area contributed by atoms with Gasteiger partial charge >= 0.3 is 0 Å². The van der Waals surface area contributed by atoms with E-state index < -0.39 is 0 Å². The summed E-state index contributed by atoms with van der Waals surface area (Å²) in [6, 6.07) is 12.2. The van der Waals surface area contributed by atoms with Crippen molar-refractivity contribution in [1.29, 1.82) is 0 Å². The standard InChI is InChI=1S/C22H24N4O2/c1-14-11-26(12-16-8-9-23-18-5-3-2-4-17(16)18)13-20(14)24-22(27)19-10-21(28-25-19)15-6-7-15/h2-5,8-10,14-15,20H,6-7,11-13H2,1H3,(H,24,27)/t14-,20-/m1/s1. The van der Waals surface area contributed by atoms with E-state index in [0.29, 0.717) is 17.5 Å². The average molecular weight is 376 g/mol. The van der Waals surface area contributed by atoms with Crippen LogP contribution in [0.5, 0.6) is 0 Å². The van der Waals surface area contributed by atoms with Crippen LogP contribution in [-0.4, -0.2) is 40.1 Å². The van der Waals surface area contributed by atoms with Crippen LogP contribution in [0.4, 0.5) is 0 Å². The monoisotopic (exact) mass is 376 g/mol. The number of carbonyl (C=O) groups is 1. The van der Waals surface area contributed by atoms with Gasteiger partial charge in [0.25, 0.3) is 5.91 Å². The summed E-state index contributed by atoms with van der Waals surface area (Å²) in [5.74, 6) is 1.55. The molecule has 1 saturated carbocycles. The molecule has 1 amide bonds. The average Bonchev–Trinajstić information content (AvgIpc) is 3.33. The van der Waals surface area contributed by atoms with E-state index >= 15 is 0 Å². The molecule has 1 aliphatic carbocycles. The Labute approximate surface area is 163 Å². The zero-order valence-electron chi connectivity index (χ0n) is 16.0. The number of hydrogen-bond donors (Lipinski definition) is 1. The van der Waals surface area contributed by atoms with Crippen molar-refractivity contribution in [3.8, 4) is 0 Å². The van der Waals surface area contributed by atoms with Gasteiger partial charge in [0.2, 0.25) is 0 Å². The van der Waals surface area contributed by atoms with Gasteiger partial charge in [0.05, 0.1) is 5.52 Å². The number of likely N-dealkylation sites (tertiary alicyclic amines) is 1. The van der Waals surface area contributed by atoms with Gasteiger partial charge in [-0.25, -0.2) is 0 Å². The van der Waals surface area contributed by atoms with Crippen LogP contribution in [0.2, 0.25) is 0 Å². The molecule has 3 aromatic rings. The van der Waals surface area contributed by atoms with E-state index in [1.807, 2.05) is 18.3 Å². The summed E-state index contributed by atoms with van der Waals surface area (Å²) in [5, 5.41) is 8.31. The molecule has 0 spiro atoms. The largest absolute Gasteiger partial charge is 0.360 e. The van der Waals surface area contributed by atoms with Gasteiger partial charge in [-0.15, -0.1) is 0 Å². The van der Waals surface area contributed by atoms with Gasteiger partial charge in [-0.2, -0.15) is 0 Å². The second kappa shape index (κ2) is 7.02. The summed E-state index contributed by atoms with van der Waals surface area (Å²) in [6.45, 7) is 4.83. The maximum atomic E-state index is 12.6. The summed E-state index contributed by atoms with van der Waals surface area (Å²) >= 11 is 0. The molecule has 0 bridgehead atoms. The number of rotatable bonds is 5. The Morgan fingerprint density at radius 1 is 1.25 bits per heavy atom. The molecule has 2 atom stereocenters. The first-order chi connectivity index (χ1) is 13.7. The Kier molecular flexibility index (Phi) is 4.36. The number of amides is 1. The molecule has 1 N–H and O–H groups in total. The van der Waals surface area contributed by atoms with Crippen molar-refractivity contribution < 1.29 is 9.32 Å². The molecule has 2 aliphatic rings. The van der Waals surface area contributed by atoms with Crippen LogP contribution in [0.25, 0.3) is 10.9 Å². The number of pyridine rings is 1. The first-order valence-electron chi connectivity index (χ1n) is 10.00. The molecule has 0 unspecified atom stereocenters. The predicted octanol–water partition coefficient (Wildman–Crippen LogP) is 3.35. The van der Waals surface area contributed by atoms with Gasteiger partial charge in [0, 0.05) is 49.2 Å². The van der Waals surface area contributed by atoms with Gasteiger partial charge in [-0.3, -0.25) is 14.7 Å². The van der Waals surface area contributed by atoms with Crippen molar-refractivity contribution in [2.75, 3.05) is 13.1 Å². The number of fused-ring (bicyclic) bond motifs is 1. The Morgan fingerprint density at radius 2 is 2.11 bits per heavy atom. The molecule has 1 aromatic carbocycles. The van der Waals surface area contributed by atoms with E-state index in [-0.39, 0.29) is 11.9 Å². The molecule has 5 rings (SSSR count). The number of nitrogens with one attached hydrogen (secondary N) is 1. The van der Waals surface area contributed by atoms with E-state index in [1.165, 1.54) is 10.9 Å². The first kappa shape index (κ1) is 17.4. The van der Waals surface area contributed by atoms with Crippen molar-refractivity contribution in [3.05, 3.63) is 59.6 Å². The van der Waals surface area contributed by atoms with Gasteiger partial charge in [0.1, 0.15) is 5.76 Å². The van der Waals surface area contributed by atoms with Crippen LogP contribution < -0.4 is 5.32 Å². The van der Waals surface area contributed by atoms with E-state index in [4.69, 9.17) is 4.52 Å². The van der Waals surface area contributed by atoms with Gasteiger partial charge in [-0.1, -0.05) is 30.3 Å². The quantitative estimate of drug-likeness (QED) is 0.739. The molecular formula is C22H24N4O2. The molecule has 6 heteroatoms. The van der Waals surface area contributed by atoms with Crippen molar-refractivity contribution >= 4 is 16.8 Å². The fourth-order valence-electron chi connectivity index (χ4n) is 4.12. The number of benzene rings is 1. The number of para-hydroxylation sites is 1. The van der Waals surface area contributed by atoms with Crippen LogP contribution in [-0.2, 0) is 6.54 Å². The zero-order valence-corrected chi connectivity index (χ0v) is 16.0. The van der Waals surface area contributed by atoms with Crippen LogP contribution in [0.15, 0.2) is 47.1 Å². The molecule has 28 heavy (non-hydrogen) atoms. The minimum Gasteiger partial charge on any atom is -0.360 e. The Hall–Kier alpha value is -2.73. The summed E-state index contributed by atoms with van der Waals surface area (Å²) in [6.07, 6.45) is 4.14. The van der Waals surface area contributed by atoms with E-state index in [0.717, 1.165) is 43.8 Å². The lowest BCUT2D eigenvalue weighted by molar-refractivity contribution is 0.0922. The van der Waals surface area contributed by atoms with Crippen molar-refractivity contribution in [2.24, 2.45) is 5.92 Å². The van der Waals surface area contributed by atoms with Gasteiger partial charge in [0.15, 0.2) is 5.69 Å². The highest BCUT2D eigenvalue weighted by Crippen LogP contribution is 2.40. The normalized spacial score (nSPS) is 22.6. The maximum Gasteiger partial charge on any atom is 0.273 e. The molecule has 0 radical (unpaired) electrons. The molecule has 6 nitrogen and oxygen atoms in total. The predicted molar refractivity (Wildman–Crippen MR) is 106 cm³/mol. The highest BCUT2D eigenvalue weighted by molar-refractivity contribution is 5.92. The molecule has 3 heterocycles. The SMILES string of the molecule is C[C@@H]1CN(Cc2ccnc3ccccc23)C[C@H]1NC(=O)c1cc(C2CC2)on1. The lowest BCUT2D eigenvalue weighted by Gasteiger charge is -2.17. The van der Waals surface area contributed by atoms with Crippen LogP contribution in [0.1, 0.15) is 47.5 Å². The van der Waals surface area contributed by atoms with E-state index in [2.05, 4.69) is 45.5 Å². The summed E-state index contributed by atoms with van der Waals surface area (Å²) in [5.41, 5.74) is 2.69. The molecular weight excluding hydrogens is 352 g/mol. The highest BCUT2D eigenvalue weighted by Gasteiger charge is 2.33. The van der Waals surface area contributed by atoms with Crippen LogP contribution in [0.3, 0.4) is 0 Å². The topological polar surface area (TPSA) is 71.3 Å². The second-order valence-corrected chi connectivity index (χ2v) is 8.13. The maximum absolute atomic E-state index is 12.6. The van der Waals surface area contributed by atoms with E-state index in [1.54, 1.807) is 6.07 Å². The van der Waals surface area contributed by atoms with E-state index in [9.17, 15) is 4.79 Å². The van der Waals surface area contributed by atoms with Crippen molar-refractivity contribution in [2.45, 2.75) is 38.3 Å². The number of aromatic nitrogens is 2. The molecule has 1 aliphatic heterocycles. The van der Waals surface area contributed by atoms with Crippen LogP contribution in [0, 0.1) is 5.92 Å². The number of carbonyl (C=O) groups excluding carboxylic acids is 1. The molecule has 1 saturated heterocycles. The third-order valence-corrected chi connectivity index (χ3v) is 5.88. The zero-order chi connectivity index (χ0) is 19.1. The number of hydrogen-bond acceptors (Lipinski definition) is 5. The fourth-order valence-corrected chi connectivity index (χ4v) is 4.12. The first-order valence-corrected chi connectivity index (χ1v) is 10.00. The third-order valence-electron chi connectivity index (χ3n) is 5.88. The highest BCUT2D eigenvalue weighted by atomic mass is 16.5. The Morgan fingerprint density at radius 3 is 2.96 bits per heavy atom. The van der Waals surface area contributed by atoms with Gasteiger partial charge in [-0.05, 0) is 36.5 Å².